The van der Waals surface area contributed by atoms with Crippen LogP contribution >= 0.6 is 0 Å². The van der Waals surface area contributed by atoms with Crippen LogP contribution in [0, 0.1) is 11.3 Å². The molecule has 2 aliphatic rings. The first-order valence-corrected chi connectivity index (χ1v) is 14.2. The Morgan fingerprint density at radius 3 is 2.59 bits per heavy atom. The van der Waals surface area contributed by atoms with Gasteiger partial charge in [-0.3, -0.25) is 4.79 Å². The van der Waals surface area contributed by atoms with Gasteiger partial charge in [-0.25, -0.2) is 0 Å². The molecule has 6 rings (SSSR count). The standard InChI is InChI=1S/C33H35N5O3/c1-36(2)22-33(39)38-13-12-27(21-38)41-32-11-8-24(18-25(32)20-34)28-4-3-5-30-29(28)19-31(35-30)23-6-9-26(10-7-23)37-14-16-40-17-15-37/h3-11,18-19,27,35H,12-17,21-22H2,1-2H3/t27-/m1/s1. The molecule has 8 nitrogen and oxygen atoms in total. The minimum Gasteiger partial charge on any atom is -0.487 e. The number of ether oxygens (including phenoxy) is 2. The zero-order valence-electron chi connectivity index (χ0n) is 23.6. The number of aromatic nitrogens is 1. The number of nitrogens with one attached hydrogen (secondary N) is 1. The number of hydrogen-bond donors (Lipinski definition) is 1. The average molecular weight is 550 g/mol. The van der Waals surface area contributed by atoms with E-state index in [1.165, 1.54) is 5.69 Å². The Hall–Kier alpha value is -4.32. The number of carbonyl (C=O) groups is 1. The molecule has 0 bridgehead atoms. The fourth-order valence-electron chi connectivity index (χ4n) is 5.72. The molecule has 8 heteroatoms. The number of aromatic amines is 1. The van der Waals surface area contributed by atoms with Gasteiger partial charge in [-0.1, -0.05) is 30.3 Å². The molecule has 4 aromatic rings. The number of fused-ring (bicyclic) bond motifs is 1. The molecule has 0 aliphatic carbocycles. The molecule has 0 unspecified atom stereocenters. The SMILES string of the molecule is CN(C)CC(=O)N1CC[C@@H](Oc2ccc(-c3cccc4[nH]c(-c5ccc(N6CCOCC6)cc5)cc34)cc2C#N)C1. The largest absolute Gasteiger partial charge is 0.487 e. The summed E-state index contributed by atoms with van der Waals surface area (Å²) in [5.74, 6) is 0.661. The van der Waals surface area contributed by atoms with Crippen LogP contribution in [-0.2, 0) is 9.53 Å². The van der Waals surface area contributed by atoms with Crippen LogP contribution in [0.5, 0.6) is 5.75 Å². The predicted molar refractivity (Wildman–Crippen MR) is 161 cm³/mol. The lowest BCUT2D eigenvalue weighted by Crippen LogP contribution is -2.37. The molecular weight excluding hydrogens is 514 g/mol. The molecule has 1 aromatic heterocycles. The second-order valence-corrected chi connectivity index (χ2v) is 11.0. The summed E-state index contributed by atoms with van der Waals surface area (Å²) in [7, 11) is 3.78. The van der Waals surface area contributed by atoms with Crippen LogP contribution in [0.15, 0.2) is 66.7 Å². The molecule has 1 amide bonds. The van der Waals surface area contributed by atoms with E-state index in [2.05, 4.69) is 58.4 Å². The van der Waals surface area contributed by atoms with Crippen LogP contribution in [-0.4, -0.2) is 86.8 Å². The maximum absolute atomic E-state index is 12.4. The van der Waals surface area contributed by atoms with Crippen LogP contribution in [0.3, 0.4) is 0 Å². The molecule has 210 valence electrons. The Kier molecular flexibility index (Phi) is 7.64. The smallest absolute Gasteiger partial charge is 0.236 e. The highest BCUT2D eigenvalue weighted by Gasteiger charge is 2.28. The van der Waals surface area contributed by atoms with Crippen molar-refractivity contribution in [3.05, 3.63) is 72.3 Å². The number of likely N-dealkylation sites (tertiary alicyclic amines) is 1. The summed E-state index contributed by atoms with van der Waals surface area (Å²) in [6.07, 6.45) is 0.634. The van der Waals surface area contributed by atoms with Gasteiger partial charge < -0.3 is 29.2 Å². The third kappa shape index (κ3) is 5.78. The van der Waals surface area contributed by atoms with Crippen LogP contribution in [0.2, 0.25) is 0 Å². The molecule has 0 spiro atoms. The van der Waals surface area contributed by atoms with Gasteiger partial charge in [0.25, 0.3) is 0 Å². The van der Waals surface area contributed by atoms with E-state index in [9.17, 15) is 10.1 Å². The predicted octanol–water partition coefficient (Wildman–Crippen LogP) is 4.75. The number of rotatable bonds is 7. The fourth-order valence-corrected chi connectivity index (χ4v) is 5.72. The number of hydrogen-bond acceptors (Lipinski definition) is 6. The lowest BCUT2D eigenvalue weighted by atomic mass is 9.99. The van der Waals surface area contributed by atoms with Gasteiger partial charge >= 0.3 is 0 Å². The minimum atomic E-state index is -0.121. The number of nitriles is 1. The highest BCUT2D eigenvalue weighted by atomic mass is 16.5. The van der Waals surface area contributed by atoms with Gasteiger partial charge in [0.1, 0.15) is 17.9 Å². The number of likely N-dealkylation sites (N-methyl/N-ethyl adjacent to an activating group) is 1. The third-order valence-corrected chi connectivity index (χ3v) is 7.87. The number of carbonyl (C=O) groups excluding carboxylic acids is 1. The number of anilines is 1. The summed E-state index contributed by atoms with van der Waals surface area (Å²) >= 11 is 0. The second-order valence-electron chi connectivity index (χ2n) is 11.0. The van der Waals surface area contributed by atoms with E-state index >= 15 is 0 Å². The monoisotopic (exact) mass is 549 g/mol. The summed E-state index contributed by atoms with van der Waals surface area (Å²) in [5.41, 5.74) is 6.94. The van der Waals surface area contributed by atoms with Crippen molar-refractivity contribution in [3.63, 3.8) is 0 Å². The highest BCUT2D eigenvalue weighted by Crippen LogP contribution is 2.35. The van der Waals surface area contributed by atoms with Gasteiger partial charge in [-0.2, -0.15) is 5.26 Å². The van der Waals surface area contributed by atoms with Crippen molar-refractivity contribution in [2.24, 2.45) is 0 Å². The number of benzene rings is 3. The number of amides is 1. The van der Waals surface area contributed by atoms with Crippen LogP contribution in [0.4, 0.5) is 5.69 Å². The van der Waals surface area contributed by atoms with Crippen LogP contribution < -0.4 is 9.64 Å². The Bertz CT molecular complexity index is 1580. The van der Waals surface area contributed by atoms with E-state index in [1.54, 1.807) is 0 Å². The number of H-pyrrole nitrogens is 1. The van der Waals surface area contributed by atoms with Crippen molar-refractivity contribution >= 4 is 22.5 Å². The summed E-state index contributed by atoms with van der Waals surface area (Å²) in [5, 5.41) is 11.1. The first kappa shape index (κ1) is 26.9. The second kappa shape index (κ2) is 11.7. The maximum Gasteiger partial charge on any atom is 0.236 e. The lowest BCUT2D eigenvalue weighted by Gasteiger charge is -2.28. The first-order chi connectivity index (χ1) is 20.0. The summed E-state index contributed by atoms with van der Waals surface area (Å²) in [6, 6.07) is 25.2. The van der Waals surface area contributed by atoms with Crippen LogP contribution in [0.25, 0.3) is 33.3 Å². The molecule has 2 saturated heterocycles. The van der Waals surface area contributed by atoms with Crippen molar-refractivity contribution in [1.29, 1.82) is 5.26 Å². The molecule has 0 saturated carbocycles. The van der Waals surface area contributed by atoms with Gasteiger partial charge in [-0.05, 0) is 67.2 Å². The van der Waals surface area contributed by atoms with Crippen molar-refractivity contribution in [2.75, 3.05) is 64.9 Å². The van der Waals surface area contributed by atoms with E-state index in [1.807, 2.05) is 48.2 Å². The normalized spacial score (nSPS) is 17.3. The Labute approximate surface area is 240 Å². The number of morpholine rings is 1. The molecule has 2 fully saturated rings. The van der Waals surface area contributed by atoms with Crippen molar-refractivity contribution in [2.45, 2.75) is 12.5 Å². The molecule has 1 atom stereocenters. The Morgan fingerprint density at radius 2 is 1.83 bits per heavy atom. The lowest BCUT2D eigenvalue weighted by molar-refractivity contribution is -0.131. The van der Waals surface area contributed by atoms with E-state index < -0.39 is 0 Å². The van der Waals surface area contributed by atoms with Gasteiger partial charge in [0.2, 0.25) is 5.91 Å². The summed E-state index contributed by atoms with van der Waals surface area (Å²) in [4.78, 5) is 22.1. The Morgan fingerprint density at radius 1 is 1.05 bits per heavy atom. The van der Waals surface area contributed by atoms with Crippen LogP contribution in [0.1, 0.15) is 12.0 Å². The van der Waals surface area contributed by atoms with Crippen molar-refractivity contribution < 1.29 is 14.3 Å². The Balaban J connectivity index is 1.21. The van der Waals surface area contributed by atoms with Crippen molar-refractivity contribution in [1.82, 2.24) is 14.8 Å². The minimum absolute atomic E-state index is 0.101. The average Bonchev–Trinajstić information content (AvgIpc) is 3.65. The summed E-state index contributed by atoms with van der Waals surface area (Å²) in [6.45, 7) is 4.97. The maximum atomic E-state index is 12.4. The van der Waals surface area contributed by atoms with E-state index in [-0.39, 0.29) is 12.0 Å². The molecule has 2 aliphatic heterocycles. The molecule has 1 N–H and O–H groups in total. The van der Waals surface area contributed by atoms with Gasteiger partial charge in [-0.15, -0.1) is 0 Å². The molecular formula is C33H35N5O3. The van der Waals surface area contributed by atoms with Crippen molar-refractivity contribution in [3.8, 4) is 34.2 Å². The summed E-state index contributed by atoms with van der Waals surface area (Å²) < 4.78 is 11.7. The van der Waals surface area contributed by atoms with Gasteiger partial charge in [0.05, 0.1) is 31.9 Å². The molecule has 0 radical (unpaired) electrons. The van der Waals surface area contributed by atoms with E-state index in [4.69, 9.17) is 9.47 Å². The zero-order chi connectivity index (χ0) is 28.3. The first-order valence-electron chi connectivity index (χ1n) is 14.2. The van der Waals surface area contributed by atoms with Gasteiger partial charge in [0, 0.05) is 48.3 Å². The van der Waals surface area contributed by atoms with E-state index in [0.29, 0.717) is 30.9 Å². The molecule has 41 heavy (non-hydrogen) atoms. The number of nitrogens with zero attached hydrogens (tertiary/aromatic N) is 4. The zero-order valence-corrected chi connectivity index (χ0v) is 23.6. The fraction of sp³-hybridized carbons (Fsp3) is 0.333. The topological polar surface area (TPSA) is 84.8 Å². The quantitative estimate of drug-likeness (QED) is 0.358. The van der Waals surface area contributed by atoms with Gasteiger partial charge in [0.15, 0.2) is 0 Å². The molecule has 3 heterocycles. The van der Waals surface area contributed by atoms with E-state index in [0.717, 1.165) is 66.0 Å². The highest BCUT2D eigenvalue weighted by molar-refractivity contribution is 5.98. The third-order valence-electron chi connectivity index (χ3n) is 7.87. The molecule has 3 aromatic carbocycles.